The second-order valence-corrected chi connectivity index (χ2v) is 7.19. The average molecular weight is 398 g/mol. The van der Waals surface area contributed by atoms with E-state index in [1.165, 1.54) is 6.08 Å². The number of hydrogen-bond donors (Lipinski definition) is 1. The third kappa shape index (κ3) is 5.36. The van der Waals surface area contributed by atoms with Crippen molar-refractivity contribution in [3.05, 3.63) is 71.3 Å². The highest BCUT2D eigenvalue weighted by atomic mass is 35.5. The van der Waals surface area contributed by atoms with Crippen molar-refractivity contribution in [1.29, 1.82) is 0 Å². The van der Waals surface area contributed by atoms with Gasteiger partial charge in [0.15, 0.2) is 0 Å². The summed E-state index contributed by atoms with van der Waals surface area (Å²) in [6, 6.07) is 17.4. The van der Waals surface area contributed by atoms with E-state index >= 15 is 0 Å². The van der Waals surface area contributed by atoms with E-state index in [-0.39, 0.29) is 18.4 Å². The lowest BCUT2D eigenvalue weighted by Gasteiger charge is -2.36. The monoisotopic (exact) mass is 397 g/mol. The summed E-state index contributed by atoms with van der Waals surface area (Å²) in [7, 11) is 0. The van der Waals surface area contributed by atoms with Crippen LogP contribution in [0.15, 0.2) is 60.7 Å². The number of anilines is 1. The Kier molecular flexibility index (Phi) is 6.71. The first-order valence-corrected chi connectivity index (χ1v) is 9.70. The van der Waals surface area contributed by atoms with E-state index in [1.54, 1.807) is 4.90 Å². The minimum Gasteiger partial charge on any atom is -0.368 e. The van der Waals surface area contributed by atoms with Crippen molar-refractivity contribution >= 4 is 34.7 Å². The standard InChI is InChI=1S/C22H24ClN3O2/c1-17(18-5-3-2-4-6-18)15-21(27)24-16-22(28)26-13-11-25(12-14-26)20-9-7-19(23)8-10-20/h2-10,15H,11-14,16H2,1H3,(H,24,27)/b17-15-. The van der Waals surface area contributed by atoms with Gasteiger partial charge in [-0.15, -0.1) is 0 Å². The van der Waals surface area contributed by atoms with Crippen molar-refractivity contribution in [3.63, 3.8) is 0 Å². The number of allylic oxidation sites excluding steroid dienone is 1. The first kappa shape index (κ1) is 20.0. The number of halogens is 1. The summed E-state index contributed by atoms with van der Waals surface area (Å²) in [6.45, 7) is 4.68. The van der Waals surface area contributed by atoms with E-state index < -0.39 is 0 Å². The predicted octanol–water partition coefficient (Wildman–Crippen LogP) is 3.21. The van der Waals surface area contributed by atoms with Gasteiger partial charge in [-0.05, 0) is 42.3 Å². The zero-order valence-corrected chi connectivity index (χ0v) is 16.7. The molecule has 28 heavy (non-hydrogen) atoms. The van der Waals surface area contributed by atoms with Gasteiger partial charge in [0.2, 0.25) is 11.8 Å². The molecule has 0 spiro atoms. The summed E-state index contributed by atoms with van der Waals surface area (Å²) in [5.74, 6) is -0.315. The molecular weight excluding hydrogens is 374 g/mol. The highest BCUT2D eigenvalue weighted by Gasteiger charge is 2.21. The Morgan fingerprint density at radius 3 is 2.29 bits per heavy atom. The van der Waals surface area contributed by atoms with Crippen LogP contribution < -0.4 is 10.2 Å². The lowest BCUT2D eigenvalue weighted by Crippen LogP contribution is -2.51. The fourth-order valence-corrected chi connectivity index (χ4v) is 3.30. The van der Waals surface area contributed by atoms with E-state index in [9.17, 15) is 9.59 Å². The molecule has 146 valence electrons. The van der Waals surface area contributed by atoms with Gasteiger partial charge in [-0.2, -0.15) is 0 Å². The first-order chi connectivity index (χ1) is 13.5. The van der Waals surface area contributed by atoms with Crippen LogP contribution in [0.1, 0.15) is 12.5 Å². The molecule has 6 heteroatoms. The molecule has 0 aromatic heterocycles. The number of carbonyl (C=O) groups excluding carboxylic acids is 2. The van der Waals surface area contributed by atoms with Crippen molar-refractivity contribution < 1.29 is 9.59 Å². The molecule has 0 saturated carbocycles. The second kappa shape index (κ2) is 9.42. The minimum atomic E-state index is -0.255. The SMILES string of the molecule is C/C(=C/C(=O)NCC(=O)N1CCN(c2ccc(Cl)cc2)CC1)c1ccccc1. The number of nitrogens with one attached hydrogen (secondary N) is 1. The maximum atomic E-state index is 12.4. The first-order valence-electron chi connectivity index (χ1n) is 9.33. The molecule has 1 aliphatic heterocycles. The van der Waals surface area contributed by atoms with Crippen molar-refractivity contribution in [2.24, 2.45) is 0 Å². The Morgan fingerprint density at radius 2 is 1.64 bits per heavy atom. The lowest BCUT2D eigenvalue weighted by molar-refractivity contribution is -0.132. The summed E-state index contributed by atoms with van der Waals surface area (Å²) >= 11 is 5.93. The summed E-state index contributed by atoms with van der Waals surface area (Å²) < 4.78 is 0. The third-order valence-electron chi connectivity index (χ3n) is 4.81. The van der Waals surface area contributed by atoms with Gasteiger partial charge in [0.05, 0.1) is 6.54 Å². The molecule has 5 nitrogen and oxygen atoms in total. The summed E-state index contributed by atoms with van der Waals surface area (Å²) in [5, 5.41) is 3.41. The van der Waals surface area contributed by atoms with Crippen molar-refractivity contribution in [1.82, 2.24) is 10.2 Å². The Labute approximate surface area is 170 Å². The molecule has 1 fully saturated rings. The van der Waals surface area contributed by atoms with Crippen LogP contribution in [0.3, 0.4) is 0 Å². The molecule has 0 bridgehead atoms. The van der Waals surface area contributed by atoms with E-state index in [0.29, 0.717) is 18.1 Å². The van der Waals surface area contributed by atoms with Crippen molar-refractivity contribution in [2.45, 2.75) is 6.92 Å². The van der Waals surface area contributed by atoms with Crippen LogP contribution in [0.4, 0.5) is 5.69 Å². The molecule has 3 rings (SSSR count). The molecule has 0 unspecified atom stereocenters. The minimum absolute atomic E-state index is 0.0122. The third-order valence-corrected chi connectivity index (χ3v) is 5.07. The van der Waals surface area contributed by atoms with E-state index in [1.807, 2.05) is 61.5 Å². The van der Waals surface area contributed by atoms with Crippen LogP contribution in [0.5, 0.6) is 0 Å². The average Bonchev–Trinajstić information content (AvgIpc) is 2.73. The molecular formula is C22H24ClN3O2. The molecule has 0 radical (unpaired) electrons. The van der Waals surface area contributed by atoms with Crippen LogP contribution in [0.2, 0.25) is 5.02 Å². The van der Waals surface area contributed by atoms with Gasteiger partial charge in [0, 0.05) is 43.0 Å². The number of carbonyl (C=O) groups is 2. The Bertz CT molecular complexity index is 842. The smallest absolute Gasteiger partial charge is 0.244 e. The Morgan fingerprint density at radius 1 is 1.00 bits per heavy atom. The topological polar surface area (TPSA) is 52.7 Å². The molecule has 0 atom stereocenters. The van der Waals surface area contributed by atoms with Gasteiger partial charge in [-0.25, -0.2) is 0 Å². The van der Waals surface area contributed by atoms with Gasteiger partial charge >= 0.3 is 0 Å². The van der Waals surface area contributed by atoms with Gasteiger partial charge in [-0.1, -0.05) is 41.9 Å². The molecule has 2 aromatic rings. The van der Waals surface area contributed by atoms with Gasteiger partial charge in [0.1, 0.15) is 0 Å². The largest absolute Gasteiger partial charge is 0.368 e. The molecule has 1 saturated heterocycles. The van der Waals surface area contributed by atoms with Crippen LogP contribution in [0.25, 0.3) is 5.57 Å². The van der Waals surface area contributed by atoms with Crippen LogP contribution >= 0.6 is 11.6 Å². The van der Waals surface area contributed by atoms with Crippen LogP contribution in [-0.4, -0.2) is 49.4 Å². The number of benzene rings is 2. The highest BCUT2D eigenvalue weighted by Crippen LogP contribution is 2.19. The fourth-order valence-electron chi connectivity index (χ4n) is 3.17. The predicted molar refractivity (Wildman–Crippen MR) is 113 cm³/mol. The van der Waals surface area contributed by atoms with Crippen molar-refractivity contribution in [2.75, 3.05) is 37.6 Å². The molecule has 2 aromatic carbocycles. The fraction of sp³-hybridized carbons (Fsp3) is 0.273. The zero-order chi connectivity index (χ0) is 19.9. The Hall–Kier alpha value is -2.79. The normalized spacial score (nSPS) is 14.7. The van der Waals surface area contributed by atoms with Gasteiger partial charge in [-0.3, -0.25) is 9.59 Å². The maximum Gasteiger partial charge on any atom is 0.244 e. The summed E-state index contributed by atoms with van der Waals surface area (Å²) in [6.07, 6.45) is 1.53. The van der Waals surface area contributed by atoms with E-state index in [4.69, 9.17) is 11.6 Å². The number of piperazine rings is 1. The highest BCUT2D eigenvalue weighted by molar-refractivity contribution is 6.30. The summed E-state index contributed by atoms with van der Waals surface area (Å²) in [5.41, 5.74) is 2.95. The number of amides is 2. The maximum absolute atomic E-state index is 12.4. The van der Waals surface area contributed by atoms with Gasteiger partial charge in [0.25, 0.3) is 0 Å². The molecule has 1 heterocycles. The van der Waals surface area contributed by atoms with Crippen molar-refractivity contribution in [3.8, 4) is 0 Å². The van der Waals surface area contributed by atoms with Crippen LogP contribution in [0, 0.1) is 0 Å². The number of hydrogen-bond acceptors (Lipinski definition) is 3. The second-order valence-electron chi connectivity index (χ2n) is 6.76. The number of rotatable bonds is 5. The molecule has 1 aliphatic rings. The van der Waals surface area contributed by atoms with Crippen LogP contribution in [-0.2, 0) is 9.59 Å². The zero-order valence-electron chi connectivity index (χ0n) is 15.9. The van der Waals surface area contributed by atoms with E-state index in [2.05, 4.69) is 10.2 Å². The van der Waals surface area contributed by atoms with Gasteiger partial charge < -0.3 is 15.1 Å². The number of nitrogens with zero attached hydrogens (tertiary/aromatic N) is 2. The molecule has 2 amide bonds. The summed E-state index contributed by atoms with van der Waals surface area (Å²) in [4.78, 5) is 28.5. The molecule has 1 N–H and O–H groups in total. The molecule has 0 aliphatic carbocycles. The Balaban J connectivity index is 1.45. The van der Waals surface area contributed by atoms with E-state index in [0.717, 1.165) is 29.9 Å². The quantitative estimate of drug-likeness (QED) is 0.788. The lowest BCUT2D eigenvalue weighted by atomic mass is 10.1.